The number of hydrogen-bond acceptors (Lipinski definition) is 3. The molecular weight excluding hydrogens is 278 g/mol. The first-order chi connectivity index (χ1) is 10.2. The molecule has 0 aromatic heterocycles. The highest BCUT2D eigenvalue weighted by atomic mass is 16.5. The van der Waals surface area contributed by atoms with Crippen LogP contribution in [0.3, 0.4) is 0 Å². The van der Waals surface area contributed by atoms with Gasteiger partial charge in [0.15, 0.2) is 0 Å². The molecule has 0 saturated carbocycles. The van der Waals surface area contributed by atoms with Gasteiger partial charge in [0.05, 0.1) is 12.3 Å². The lowest BCUT2D eigenvalue weighted by Gasteiger charge is -2.22. The Morgan fingerprint density at radius 2 is 2.00 bits per heavy atom. The van der Waals surface area contributed by atoms with Gasteiger partial charge in [-0.25, -0.2) is 4.79 Å². The number of ether oxygens (including phenoxy) is 1. The molecule has 0 fully saturated rings. The number of urea groups is 1. The van der Waals surface area contributed by atoms with E-state index in [-0.39, 0.29) is 11.6 Å². The molecule has 0 heterocycles. The van der Waals surface area contributed by atoms with E-state index in [0.717, 1.165) is 12.0 Å². The van der Waals surface area contributed by atoms with Crippen LogP contribution in [0.5, 0.6) is 5.75 Å². The van der Waals surface area contributed by atoms with Gasteiger partial charge in [0.25, 0.3) is 0 Å². The third-order valence-electron chi connectivity index (χ3n) is 3.01. The minimum absolute atomic E-state index is 0.239. The van der Waals surface area contributed by atoms with E-state index in [1.807, 2.05) is 39.0 Å². The van der Waals surface area contributed by atoms with Gasteiger partial charge in [0, 0.05) is 5.54 Å². The Kier molecular flexibility index (Phi) is 6.68. The average Bonchev–Trinajstić information content (AvgIpc) is 2.38. The molecule has 22 heavy (non-hydrogen) atoms. The first-order valence-corrected chi connectivity index (χ1v) is 7.79. The van der Waals surface area contributed by atoms with Crippen LogP contribution >= 0.6 is 0 Å². The topological polar surface area (TPSA) is 76.4 Å². The molecule has 0 radical (unpaired) electrons. The van der Waals surface area contributed by atoms with Crippen molar-refractivity contribution >= 4 is 11.7 Å². The lowest BCUT2D eigenvalue weighted by Crippen LogP contribution is -2.43. The smallest absolute Gasteiger partial charge is 0.319 e. The van der Waals surface area contributed by atoms with Crippen molar-refractivity contribution in [2.75, 3.05) is 18.5 Å². The van der Waals surface area contributed by atoms with Gasteiger partial charge in [-0.1, -0.05) is 19.9 Å². The van der Waals surface area contributed by atoms with Crippen LogP contribution < -0.4 is 21.1 Å². The Hall–Kier alpha value is -1.75. The fraction of sp³-hybridized carbons (Fsp3) is 0.588. The summed E-state index contributed by atoms with van der Waals surface area (Å²) in [6, 6.07) is 5.65. The van der Waals surface area contributed by atoms with Gasteiger partial charge in [-0.05, 0) is 57.4 Å². The zero-order valence-corrected chi connectivity index (χ0v) is 14.3. The lowest BCUT2D eigenvalue weighted by molar-refractivity contribution is 0.243. The summed E-state index contributed by atoms with van der Waals surface area (Å²) in [5.74, 6) is 1.05. The first-order valence-electron chi connectivity index (χ1n) is 7.79. The van der Waals surface area contributed by atoms with Crippen molar-refractivity contribution in [3.63, 3.8) is 0 Å². The zero-order valence-electron chi connectivity index (χ0n) is 14.3. The number of hydrogen-bond donors (Lipinski definition) is 3. The average molecular weight is 307 g/mol. The minimum Gasteiger partial charge on any atom is -0.491 e. The Labute approximate surface area is 133 Å². The van der Waals surface area contributed by atoms with E-state index < -0.39 is 0 Å². The molecule has 1 aromatic rings. The predicted molar refractivity (Wildman–Crippen MR) is 91.6 cm³/mol. The van der Waals surface area contributed by atoms with Crippen LogP contribution in [-0.2, 0) is 0 Å². The fourth-order valence-electron chi connectivity index (χ4n) is 1.89. The summed E-state index contributed by atoms with van der Waals surface area (Å²) in [5.41, 5.74) is 7.03. The Morgan fingerprint density at radius 1 is 1.32 bits per heavy atom. The largest absolute Gasteiger partial charge is 0.491 e. The van der Waals surface area contributed by atoms with Crippen LogP contribution in [0.2, 0.25) is 0 Å². The van der Waals surface area contributed by atoms with E-state index >= 15 is 0 Å². The summed E-state index contributed by atoms with van der Waals surface area (Å²) >= 11 is 0. The standard InChI is InChI=1S/C17H29N3O2/c1-12(2)13-7-8-15(22-10-6-9-18)14(11-13)19-16(21)20-17(3,4)5/h7-8,11-12H,6,9-10,18H2,1-5H3,(H2,19,20,21). The Morgan fingerprint density at radius 3 is 2.55 bits per heavy atom. The number of anilines is 1. The van der Waals surface area contributed by atoms with Crippen LogP contribution in [0.1, 0.15) is 52.5 Å². The first kappa shape index (κ1) is 18.3. The Bertz CT molecular complexity index is 493. The highest BCUT2D eigenvalue weighted by Gasteiger charge is 2.16. The van der Waals surface area contributed by atoms with Crippen LogP contribution in [0, 0.1) is 0 Å². The van der Waals surface area contributed by atoms with Crippen LogP contribution in [0.4, 0.5) is 10.5 Å². The number of nitrogens with two attached hydrogens (primary N) is 1. The lowest BCUT2D eigenvalue weighted by atomic mass is 10.0. The number of amides is 2. The van der Waals surface area contributed by atoms with Crippen molar-refractivity contribution in [3.8, 4) is 5.75 Å². The van der Waals surface area contributed by atoms with Crippen LogP contribution in [-0.4, -0.2) is 24.7 Å². The summed E-state index contributed by atoms with van der Waals surface area (Å²) < 4.78 is 5.72. The maximum absolute atomic E-state index is 12.1. The van der Waals surface area contributed by atoms with E-state index in [4.69, 9.17) is 10.5 Å². The summed E-state index contributed by atoms with van der Waals surface area (Å²) in [6.07, 6.45) is 0.777. The molecule has 0 aliphatic heterocycles. The SMILES string of the molecule is CC(C)c1ccc(OCCCN)c(NC(=O)NC(C)(C)C)c1. The molecule has 0 saturated heterocycles. The number of carbonyl (C=O) groups is 1. The molecule has 1 rings (SSSR count). The van der Waals surface area contributed by atoms with Gasteiger partial charge in [-0.3, -0.25) is 0 Å². The van der Waals surface area contributed by atoms with E-state index in [2.05, 4.69) is 24.5 Å². The summed E-state index contributed by atoms with van der Waals surface area (Å²) in [4.78, 5) is 12.1. The van der Waals surface area contributed by atoms with Gasteiger partial charge < -0.3 is 21.1 Å². The summed E-state index contributed by atoms with van der Waals surface area (Å²) in [5, 5.41) is 5.77. The van der Waals surface area contributed by atoms with Gasteiger partial charge in [0.2, 0.25) is 0 Å². The van der Waals surface area contributed by atoms with Crippen LogP contribution in [0.25, 0.3) is 0 Å². The molecule has 0 atom stereocenters. The molecule has 0 unspecified atom stereocenters. The van der Waals surface area contributed by atoms with Crippen LogP contribution in [0.15, 0.2) is 18.2 Å². The van der Waals surface area contributed by atoms with Crippen molar-refractivity contribution in [3.05, 3.63) is 23.8 Å². The second kappa shape index (κ2) is 8.03. The van der Waals surface area contributed by atoms with E-state index in [1.54, 1.807) is 0 Å². The fourth-order valence-corrected chi connectivity index (χ4v) is 1.89. The third-order valence-corrected chi connectivity index (χ3v) is 3.01. The molecular formula is C17H29N3O2. The van der Waals surface area contributed by atoms with Crippen molar-refractivity contribution in [1.82, 2.24) is 5.32 Å². The summed E-state index contributed by atoms with van der Waals surface area (Å²) in [7, 11) is 0. The number of carbonyl (C=O) groups excluding carboxylic acids is 1. The quantitative estimate of drug-likeness (QED) is 0.704. The van der Waals surface area contributed by atoms with Gasteiger partial charge >= 0.3 is 6.03 Å². The zero-order chi connectivity index (χ0) is 16.8. The Balaban J connectivity index is 2.91. The molecule has 4 N–H and O–H groups in total. The molecule has 1 aromatic carbocycles. The molecule has 2 amide bonds. The van der Waals surface area contributed by atoms with Gasteiger partial charge in [0.1, 0.15) is 5.75 Å². The molecule has 0 spiro atoms. The van der Waals surface area contributed by atoms with E-state index in [1.165, 1.54) is 0 Å². The maximum atomic E-state index is 12.1. The molecule has 0 bridgehead atoms. The minimum atomic E-state index is -0.291. The molecule has 0 aliphatic carbocycles. The molecule has 124 valence electrons. The summed E-state index contributed by atoms with van der Waals surface area (Å²) in [6.45, 7) is 11.2. The van der Waals surface area contributed by atoms with Crippen molar-refractivity contribution in [2.45, 2.75) is 52.5 Å². The molecule has 5 nitrogen and oxygen atoms in total. The predicted octanol–water partition coefficient (Wildman–Crippen LogP) is 3.46. The third kappa shape index (κ3) is 6.35. The van der Waals surface area contributed by atoms with E-state index in [0.29, 0.717) is 30.5 Å². The highest BCUT2D eigenvalue weighted by molar-refractivity contribution is 5.91. The van der Waals surface area contributed by atoms with E-state index in [9.17, 15) is 4.79 Å². The molecule has 5 heteroatoms. The van der Waals surface area contributed by atoms with Gasteiger partial charge in [-0.15, -0.1) is 0 Å². The van der Waals surface area contributed by atoms with Crippen molar-refractivity contribution < 1.29 is 9.53 Å². The van der Waals surface area contributed by atoms with Crippen molar-refractivity contribution in [2.24, 2.45) is 5.73 Å². The number of rotatable bonds is 6. The van der Waals surface area contributed by atoms with Crippen molar-refractivity contribution in [1.29, 1.82) is 0 Å². The maximum Gasteiger partial charge on any atom is 0.319 e. The number of benzene rings is 1. The normalized spacial score (nSPS) is 11.4. The second-order valence-corrected chi connectivity index (χ2v) is 6.73. The van der Waals surface area contributed by atoms with Gasteiger partial charge in [-0.2, -0.15) is 0 Å². The second-order valence-electron chi connectivity index (χ2n) is 6.73. The number of nitrogens with one attached hydrogen (secondary N) is 2. The monoisotopic (exact) mass is 307 g/mol. The highest BCUT2D eigenvalue weighted by Crippen LogP contribution is 2.29. The molecule has 0 aliphatic rings.